The van der Waals surface area contributed by atoms with Crippen molar-refractivity contribution in [3.8, 4) is 22.8 Å². The van der Waals surface area contributed by atoms with Gasteiger partial charge in [-0.15, -0.1) is 10.2 Å². The number of piperazine rings is 1. The maximum Gasteiger partial charge on any atom is 0.231 e. The second kappa shape index (κ2) is 7.89. The van der Waals surface area contributed by atoms with Crippen LogP contribution in [-0.2, 0) is 6.54 Å². The molecule has 6 nitrogen and oxygen atoms in total. The van der Waals surface area contributed by atoms with Crippen molar-refractivity contribution in [3.63, 3.8) is 0 Å². The summed E-state index contributed by atoms with van der Waals surface area (Å²) < 4.78 is 10.9. The van der Waals surface area contributed by atoms with Crippen LogP contribution in [0.5, 0.6) is 11.5 Å². The van der Waals surface area contributed by atoms with Gasteiger partial charge in [0.25, 0.3) is 0 Å². The van der Waals surface area contributed by atoms with Crippen molar-refractivity contribution >= 4 is 17.4 Å². The lowest BCUT2D eigenvalue weighted by Gasteiger charge is -2.35. The van der Waals surface area contributed by atoms with Crippen molar-refractivity contribution in [1.29, 1.82) is 0 Å². The Morgan fingerprint density at radius 3 is 2.38 bits per heavy atom. The van der Waals surface area contributed by atoms with Crippen LogP contribution in [0, 0.1) is 0 Å². The van der Waals surface area contributed by atoms with Gasteiger partial charge in [0.2, 0.25) is 6.79 Å². The lowest BCUT2D eigenvalue weighted by molar-refractivity contribution is 0.174. The van der Waals surface area contributed by atoms with Crippen molar-refractivity contribution < 1.29 is 9.47 Å². The number of benzene rings is 2. The maximum atomic E-state index is 5.96. The first-order valence-electron chi connectivity index (χ1n) is 9.70. The number of hydrogen-bond acceptors (Lipinski definition) is 6. The summed E-state index contributed by atoms with van der Waals surface area (Å²) in [5.74, 6) is 2.60. The van der Waals surface area contributed by atoms with Crippen LogP contribution in [0.1, 0.15) is 5.56 Å². The highest BCUT2D eigenvalue weighted by molar-refractivity contribution is 6.30. The number of aromatic nitrogens is 2. The Balaban J connectivity index is 1.19. The number of hydrogen-bond donors (Lipinski definition) is 0. The molecule has 3 aromatic rings. The highest BCUT2D eigenvalue weighted by atomic mass is 35.5. The molecule has 1 fully saturated rings. The molecule has 1 aromatic heterocycles. The van der Waals surface area contributed by atoms with Gasteiger partial charge in [-0.3, -0.25) is 4.90 Å². The number of anilines is 1. The molecule has 0 saturated carbocycles. The summed E-state index contributed by atoms with van der Waals surface area (Å²) in [5, 5.41) is 9.56. The summed E-state index contributed by atoms with van der Waals surface area (Å²) in [6.45, 7) is 5.05. The molecule has 2 aromatic carbocycles. The first-order valence-corrected chi connectivity index (χ1v) is 10.1. The largest absolute Gasteiger partial charge is 0.454 e. The standard InChI is InChI=1S/C22H21ClN4O2/c23-18-4-2-17(3-5-18)19-6-8-22(25-24-19)27-11-9-26(10-12-27)14-16-1-7-20-21(13-16)29-15-28-20/h1-8,13H,9-12,14-15H2. The molecule has 0 radical (unpaired) electrons. The molecule has 0 atom stereocenters. The molecule has 7 heteroatoms. The molecule has 0 spiro atoms. The first kappa shape index (κ1) is 18.2. The van der Waals surface area contributed by atoms with Crippen molar-refractivity contribution in [2.45, 2.75) is 6.54 Å². The van der Waals surface area contributed by atoms with E-state index in [0.717, 1.165) is 66.3 Å². The molecular formula is C22H21ClN4O2. The van der Waals surface area contributed by atoms with Crippen molar-refractivity contribution in [2.75, 3.05) is 37.9 Å². The van der Waals surface area contributed by atoms with Gasteiger partial charge in [0.1, 0.15) is 0 Å². The van der Waals surface area contributed by atoms with Gasteiger partial charge in [0.05, 0.1) is 5.69 Å². The maximum absolute atomic E-state index is 5.96. The second-order valence-corrected chi connectivity index (χ2v) is 7.67. The summed E-state index contributed by atoms with van der Waals surface area (Å²) in [5.41, 5.74) is 3.11. The van der Waals surface area contributed by atoms with Gasteiger partial charge in [-0.1, -0.05) is 29.8 Å². The quantitative estimate of drug-likeness (QED) is 0.653. The van der Waals surface area contributed by atoms with Gasteiger partial charge < -0.3 is 14.4 Å². The van der Waals surface area contributed by atoms with Gasteiger partial charge >= 0.3 is 0 Å². The molecule has 0 bridgehead atoms. The van der Waals surface area contributed by atoms with Crippen LogP contribution >= 0.6 is 11.6 Å². The average Bonchev–Trinajstić information content (AvgIpc) is 3.23. The third-order valence-corrected chi connectivity index (χ3v) is 5.58. The number of halogens is 1. The number of fused-ring (bicyclic) bond motifs is 1. The smallest absolute Gasteiger partial charge is 0.231 e. The van der Waals surface area contributed by atoms with Gasteiger partial charge in [-0.05, 0) is 42.0 Å². The predicted octanol–water partition coefficient (Wildman–Crippen LogP) is 3.85. The average molecular weight is 409 g/mol. The predicted molar refractivity (Wildman–Crippen MR) is 113 cm³/mol. The molecule has 5 rings (SSSR count). The Morgan fingerprint density at radius 1 is 0.828 bits per heavy atom. The second-order valence-electron chi connectivity index (χ2n) is 7.23. The fourth-order valence-electron chi connectivity index (χ4n) is 3.70. The van der Waals surface area contributed by atoms with Crippen LogP contribution in [0.2, 0.25) is 5.02 Å². The number of nitrogens with zero attached hydrogens (tertiary/aromatic N) is 4. The molecule has 2 aliphatic rings. The highest BCUT2D eigenvalue weighted by Crippen LogP contribution is 2.33. The van der Waals surface area contributed by atoms with Gasteiger partial charge in [-0.2, -0.15) is 0 Å². The monoisotopic (exact) mass is 408 g/mol. The molecule has 0 amide bonds. The molecule has 0 unspecified atom stereocenters. The summed E-state index contributed by atoms with van der Waals surface area (Å²) in [7, 11) is 0. The molecule has 29 heavy (non-hydrogen) atoms. The molecular weight excluding hydrogens is 388 g/mol. The minimum atomic E-state index is 0.315. The SMILES string of the molecule is Clc1ccc(-c2ccc(N3CCN(Cc4ccc5c(c4)OCO5)CC3)nn2)cc1. The van der Waals surface area contributed by atoms with E-state index in [1.165, 1.54) is 5.56 Å². The minimum absolute atomic E-state index is 0.315. The Morgan fingerprint density at radius 2 is 1.62 bits per heavy atom. The zero-order valence-electron chi connectivity index (χ0n) is 15.9. The van der Waals surface area contributed by atoms with E-state index in [1.807, 2.05) is 42.5 Å². The van der Waals surface area contributed by atoms with Gasteiger partial charge in [-0.25, -0.2) is 0 Å². The van der Waals surface area contributed by atoms with E-state index in [0.29, 0.717) is 6.79 Å². The molecule has 0 N–H and O–H groups in total. The van der Waals surface area contributed by atoms with Crippen LogP contribution in [0.25, 0.3) is 11.3 Å². The summed E-state index contributed by atoms with van der Waals surface area (Å²) in [6, 6.07) is 17.9. The third-order valence-electron chi connectivity index (χ3n) is 5.33. The summed E-state index contributed by atoms with van der Waals surface area (Å²) in [4.78, 5) is 4.73. The normalized spacial score (nSPS) is 16.2. The van der Waals surface area contributed by atoms with Crippen molar-refractivity contribution in [1.82, 2.24) is 15.1 Å². The molecule has 2 aliphatic heterocycles. The van der Waals surface area contributed by atoms with Crippen LogP contribution in [0.4, 0.5) is 5.82 Å². The zero-order chi connectivity index (χ0) is 19.6. The van der Waals surface area contributed by atoms with Crippen LogP contribution in [0.15, 0.2) is 54.6 Å². The topological polar surface area (TPSA) is 50.7 Å². The van der Waals surface area contributed by atoms with E-state index in [1.54, 1.807) is 0 Å². The molecule has 0 aliphatic carbocycles. The van der Waals surface area contributed by atoms with Crippen molar-refractivity contribution in [2.24, 2.45) is 0 Å². The summed E-state index contributed by atoms with van der Waals surface area (Å²) >= 11 is 5.96. The number of ether oxygens (including phenoxy) is 2. The van der Waals surface area contributed by atoms with E-state index < -0.39 is 0 Å². The lowest BCUT2D eigenvalue weighted by atomic mass is 10.1. The highest BCUT2D eigenvalue weighted by Gasteiger charge is 2.20. The van der Waals surface area contributed by atoms with Gasteiger partial charge in [0.15, 0.2) is 17.3 Å². The molecule has 1 saturated heterocycles. The van der Waals surface area contributed by atoms with Crippen molar-refractivity contribution in [3.05, 3.63) is 65.2 Å². The Labute approximate surface area is 174 Å². The van der Waals surface area contributed by atoms with Crippen LogP contribution < -0.4 is 14.4 Å². The lowest BCUT2D eigenvalue weighted by Crippen LogP contribution is -2.46. The van der Waals surface area contributed by atoms with E-state index in [-0.39, 0.29) is 0 Å². The molecule has 3 heterocycles. The summed E-state index contributed by atoms with van der Waals surface area (Å²) in [6.07, 6.45) is 0. The Bertz CT molecular complexity index is 987. The van der Waals surface area contributed by atoms with E-state index in [4.69, 9.17) is 21.1 Å². The van der Waals surface area contributed by atoms with Crippen LogP contribution in [-0.4, -0.2) is 48.1 Å². The number of rotatable bonds is 4. The van der Waals surface area contributed by atoms with E-state index in [9.17, 15) is 0 Å². The minimum Gasteiger partial charge on any atom is -0.454 e. The Kier molecular flexibility index (Phi) is 4.96. The zero-order valence-corrected chi connectivity index (χ0v) is 16.7. The third kappa shape index (κ3) is 3.99. The molecule has 148 valence electrons. The van der Waals surface area contributed by atoms with Gasteiger partial charge in [0, 0.05) is 43.3 Å². The fourth-order valence-corrected chi connectivity index (χ4v) is 3.83. The Hall–Kier alpha value is -2.83. The fraction of sp³-hybridized carbons (Fsp3) is 0.273. The van der Waals surface area contributed by atoms with E-state index >= 15 is 0 Å². The van der Waals surface area contributed by atoms with E-state index in [2.05, 4.69) is 32.1 Å². The first-order chi connectivity index (χ1) is 14.2. The van der Waals surface area contributed by atoms with Crippen LogP contribution in [0.3, 0.4) is 0 Å².